The van der Waals surface area contributed by atoms with Gasteiger partial charge in [-0.15, -0.1) is 0 Å². The smallest absolute Gasteiger partial charge is 0.305 e. The Morgan fingerprint density at radius 2 is 2.26 bits per heavy atom. The second kappa shape index (κ2) is 8.69. The number of oxazole rings is 1. The quantitative estimate of drug-likeness (QED) is 0.551. The van der Waals surface area contributed by atoms with Crippen molar-refractivity contribution in [3.8, 4) is 0 Å². The number of carbonyl (C=O) groups excluding carboxylic acids is 1. The first-order valence-corrected chi connectivity index (χ1v) is 6.94. The largest absolute Gasteiger partial charge is 0.466 e. The average molecular weight is 268 g/mol. The second-order valence-corrected chi connectivity index (χ2v) is 4.60. The maximum absolute atomic E-state index is 11.1. The van der Waals surface area contributed by atoms with E-state index in [1.807, 2.05) is 20.8 Å². The highest BCUT2D eigenvalue weighted by Gasteiger charge is 2.09. The second-order valence-electron chi connectivity index (χ2n) is 4.60. The molecule has 0 aliphatic rings. The predicted molar refractivity (Wildman–Crippen MR) is 72.8 cm³/mol. The zero-order chi connectivity index (χ0) is 14.1. The van der Waals surface area contributed by atoms with Gasteiger partial charge in [0, 0.05) is 6.42 Å². The molecule has 0 saturated heterocycles. The van der Waals surface area contributed by atoms with Gasteiger partial charge in [-0.05, 0) is 40.2 Å². The summed E-state index contributed by atoms with van der Waals surface area (Å²) in [4.78, 5) is 15.3. The fraction of sp³-hybridized carbons (Fsp3) is 0.714. The van der Waals surface area contributed by atoms with Crippen LogP contribution in [0.1, 0.15) is 57.2 Å². The molecular formula is C14H24N2O3. The van der Waals surface area contributed by atoms with E-state index in [2.05, 4.69) is 10.3 Å². The number of carbonyl (C=O) groups is 1. The number of nitrogens with zero attached hydrogens (tertiary/aromatic N) is 1. The summed E-state index contributed by atoms with van der Waals surface area (Å²) in [6.45, 7) is 7.11. The van der Waals surface area contributed by atoms with Gasteiger partial charge in [0.05, 0.1) is 18.8 Å². The maximum Gasteiger partial charge on any atom is 0.305 e. The summed E-state index contributed by atoms with van der Waals surface area (Å²) in [7, 11) is 0. The van der Waals surface area contributed by atoms with E-state index in [1.165, 1.54) is 0 Å². The number of aryl methyl sites for hydroxylation is 1. The van der Waals surface area contributed by atoms with Crippen LogP contribution in [0.15, 0.2) is 10.6 Å². The molecule has 0 radical (unpaired) electrons. The summed E-state index contributed by atoms with van der Waals surface area (Å²) in [6.07, 6.45) is 5.18. The van der Waals surface area contributed by atoms with Gasteiger partial charge in [0.25, 0.3) is 0 Å². The van der Waals surface area contributed by atoms with E-state index in [4.69, 9.17) is 9.15 Å². The minimum atomic E-state index is -0.0981. The van der Waals surface area contributed by atoms with Crippen LogP contribution < -0.4 is 5.32 Å². The minimum absolute atomic E-state index is 0.0981. The maximum atomic E-state index is 11.1. The fourth-order valence-electron chi connectivity index (χ4n) is 1.78. The van der Waals surface area contributed by atoms with Crippen LogP contribution in [0.25, 0.3) is 0 Å². The molecule has 0 saturated carbocycles. The number of esters is 1. The third-order valence-electron chi connectivity index (χ3n) is 2.82. The van der Waals surface area contributed by atoms with Gasteiger partial charge < -0.3 is 14.5 Å². The van der Waals surface area contributed by atoms with E-state index in [0.29, 0.717) is 13.0 Å². The molecule has 108 valence electrons. The molecule has 19 heavy (non-hydrogen) atoms. The Hall–Kier alpha value is -1.36. The molecule has 0 fully saturated rings. The lowest BCUT2D eigenvalue weighted by Crippen LogP contribution is -2.20. The van der Waals surface area contributed by atoms with E-state index in [-0.39, 0.29) is 12.0 Å². The van der Waals surface area contributed by atoms with Crippen molar-refractivity contribution in [2.24, 2.45) is 0 Å². The number of rotatable bonds is 9. The molecular weight excluding hydrogens is 244 g/mol. The standard InChI is InChI=1S/C14H24N2O3/c1-4-18-13(17)8-6-5-7-9-15-12(3)14-16-10-11(2)19-14/h10,12,15H,4-9H2,1-3H3. The van der Waals surface area contributed by atoms with E-state index < -0.39 is 0 Å². The number of ether oxygens (including phenoxy) is 1. The summed E-state index contributed by atoms with van der Waals surface area (Å²) < 4.78 is 10.3. The van der Waals surface area contributed by atoms with Gasteiger partial charge in [0.15, 0.2) is 0 Å². The molecule has 1 aromatic rings. The van der Waals surface area contributed by atoms with Crippen LogP contribution in [0, 0.1) is 6.92 Å². The Morgan fingerprint density at radius 1 is 1.47 bits per heavy atom. The van der Waals surface area contributed by atoms with Gasteiger partial charge in [0.1, 0.15) is 5.76 Å². The molecule has 0 bridgehead atoms. The molecule has 1 N–H and O–H groups in total. The number of hydrogen-bond acceptors (Lipinski definition) is 5. The molecule has 5 nitrogen and oxygen atoms in total. The van der Waals surface area contributed by atoms with Crippen LogP contribution in [-0.2, 0) is 9.53 Å². The van der Waals surface area contributed by atoms with Gasteiger partial charge in [-0.3, -0.25) is 4.79 Å². The molecule has 1 unspecified atom stereocenters. The Morgan fingerprint density at radius 3 is 2.89 bits per heavy atom. The lowest BCUT2D eigenvalue weighted by Gasteiger charge is -2.09. The summed E-state index contributed by atoms with van der Waals surface area (Å²) in [5.41, 5.74) is 0. The van der Waals surface area contributed by atoms with Crippen molar-refractivity contribution in [2.45, 2.75) is 52.5 Å². The van der Waals surface area contributed by atoms with E-state index in [1.54, 1.807) is 6.20 Å². The summed E-state index contributed by atoms with van der Waals surface area (Å²) >= 11 is 0. The SMILES string of the molecule is CCOC(=O)CCCCCNC(C)c1ncc(C)o1. The van der Waals surface area contributed by atoms with Crippen LogP contribution in [0.5, 0.6) is 0 Å². The van der Waals surface area contributed by atoms with Crippen molar-refractivity contribution < 1.29 is 13.9 Å². The summed E-state index contributed by atoms with van der Waals surface area (Å²) in [5, 5.41) is 3.35. The highest BCUT2D eigenvalue weighted by molar-refractivity contribution is 5.69. The lowest BCUT2D eigenvalue weighted by atomic mass is 10.2. The van der Waals surface area contributed by atoms with Crippen molar-refractivity contribution in [1.82, 2.24) is 10.3 Å². The molecule has 1 rings (SSSR count). The molecule has 1 heterocycles. The van der Waals surface area contributed by atoms with Crippen LogP contribution >= 0.6 is 0 Å². The van der Waals surface area contributed by atoms with Crippen LogP contribution in [-0.4, -0.2) is 24.1 Å². The van der Waals surface area contributed by atoms with Crippen LogP contribution in [0.4, 0.5) is 0 Å². The molecule has 1 atom stereocenters. The first-order valence-electron chi connectivity index (χ1n) is 6.94. The van der Waals surface area contributed by atoms with Crippen molar-refractivity contribution >= 4 is 5.97 Å². The van der Waals surface area contributed by atoms with E-state index in [0.717, 1.165) is 37.5 Å². The van der Waals surface area contributed by atoms with Crippen LogP contribution in [0.2, 0.25) is 0 Å². The Bertz CT molecular complexity index is 377. The molecule has 1 aromatic heterocycles. The number of unbranched alkanes of at least 4 members (excludes halogenated alkanes) is 2. The van der Waals surface area contributed by atoms with Crippen molar-refractivity contribution in [1.29, 1.82) is 0 Å². The number of hydrogen-bond donors (Lipinski definition) is 1. The van der Waals surface area contributed by atoms with Gasteiger partial charge >= 0.3 is 5.97 Å². The first kappa shape index (κ1) is 15.7. The fourth-order valence-corrected chi connectivity index (χ4v) is 1.78. The average Bonchev–Trinajstić information content (AvgIpc) is 2.80. The third kappa shape index (κ3) is 6.38. The van der Waals surface area contributed by atoms with Crippen LogP contribution in [0.3, 0.4) is 0 Å². The van der Waals surface area contributed by atoms with E-state index in [9.17, 15) is 4.79 Å². The van der Waals surface area contributed by atoms with E-state index >= 15 is 0 Å². The topological polar surface area (TPSA) is 64.4 Å². The Balaban J connectivity index is 2.03. The number of aromatic nitrogens is 1. The van der Waals surface area contributed by atoms with Gasteiger partial charge in [-0.25, -0.2) is 4.98 Å². The van der Waals surface area contributed by atoms with Crippen molar-refractivity contribution in [3.63, 3.8) is 0 Å². The zero-order valence-electron chi connectivity index (χ0n) is 12.1. The predicted octanol–water partition coefficient (Wildman–Crippen LogP) is 2.76. The highest BCUT2D eigenvalue weighted by Crippen LogP contribution is 2.12. The highest BCUT2D eigenvalue weighted by atomic mass is 16.5. The monoisotopic (exact) mass is 268 g/mol. The molecule has 0 aliphatic carbocycles. The molecule has 5 heteroatoms. The molecule has 0 aromatic carbocycles. The summed E-state index contributed by atoms with van der Waals surface area (Å²) in [5.74, 6) is 1.46. The molecule has 0 aliphatic heterocycles. The van der Waals surface area contributed by atoms with Gasteiger partial charge in [-0.2, -0.15) is 0 Å². The number of nitrogens with one attached hydrogen (secondary N) is 1. The lowest BCUT2D eigenvalue weighted by molar-refractivity contribution is -0.143. The minimum Gasteiger partial charge on any atom is -0.466 e. The van der Waals surface area contributed by atoms with Gasteiger partial charge in [-0.1, -0.05) is 6.42 Å². The van der Waals surface area contributed by atoms with Crippen molar-refractivity contribution in [3.05, 3.63) is 17.8 Å². The Labute approximate surface area is 114 Å². The first-order chi connectivity index (χ1) is 9.13. The van der Waals surface area contributed by atoms with Gasteiger partial charge in [0.2, 0.25) is 5.89 Å². The molecule has 0 spiro atoms. The zero-order valence-corrected chi connectivity index (χ0v) is 12.1. The Kier molecular flexibility index (Phi) is 7.18. The normalized spacial score (nSPS) is 12.4. The summed E-state index contributed by atoms with van der Waals surface area (Å²) in [6, 6.07) is 0.124. The van der Waals surface area contributed by atoms with Crippen molar-refractivity contribution in [2.75, 3.05) is 13.2 Å². The third-order valence-corrected chi connectivity index (χ3v) is 2.82. The molecule has 0 amide bonds.